The van der Waals surface area contributed by atoms with Gasteiger partial charge in [0.25, 0.3) is 5.91 Å². The standard InChI is InChI=1S/C22H16N2O4/c25-16-6-7-17-15(9-16)5-8-20(26)19(17)12-23-24-22(28)18-10-13-3-1-2-4-14(13)11-21(18)27/h1-12,25-27H,(H,24,28). The molecule has 4 rings (SSSR count). The van der Waals surface area contributed by atoms with Crippen molar-refractivity contribution >= 4 is 33.7 Å². The van der Waals surface area contributed by atoms with Gasteiger partial charge in [0, 0.05) is 5.56 Å². The smallest absolute Gasteiger partial charge is 0.275 e. The minimum atomic E-state index is -0.572. The lowest BCUT2D eigenvalue weighted by atomic mass is 10.0. The zero-order chi connectivity index (χ0) is 19.7. The summed E-state index contributed by atoms with van der Waals surface area (Å²) >= 11 is 0. The molecular formula is C22H16N2O4. The number of hydrogen-bond acceptors (Lipinski definition) is 5. The van der Waals surface area contributed by atoms with Gasteiger partial charge in [-0.15, -0.1) is 0 Å². The van der Waals surface area contributed by atoms with Crippen LogP contribution in [0.4, 0.5) is 0 Å². The lowest BCUT2D eigenvalue weighted by molar-refractivity contribution is 0.0952. The average Bonchev–Trinajstić information content (AvgIpc) is 2.69. The van der Waals surface area contributed by atoms with Gasteiger partial charge in [0.05, 0.1) is 11.8 Å². The first-order chi connectivity index (χ1) is 13.5. The van der Waals surface area contributed by atoms with E-state index in [0.29, 0.717) is 10.9 Å². The Morgan fingerprint density at radius 3 is 2.36 bits per heavy atom. The maximum absolute atomic E-state index is 12.4. The number of benzene rings is 4. The third-order valence-electron chi connectivity index (χ3n) is 4.49. The number of amides is 1. The minimum Gasteiger partial charge on any atom is -0.508 e. The normalized spacial score (nSPS) is 11.3. The number of hydrazone groups is 1. The molecular weight excluding hydrogens is 356 g/mol. The predicted molar refractivity (Wildman–Crippen MR) is 108 cm³/mol. The maximum atomic E-state index is 12.4. The number of carbonyl (C=O) groups is 1. The second kappa shape index (κ2) is 6.92. The second-order valence-electron chi connectivity index (χ2n) is 6.32. The van der Waals surface area contributed by atoms with Crippen LogP contribution in [0.1, 0.15) is 15.9 Å². The molecule has 138 valence electrons. The van der Waals surface area contributed by atoms with Crippen molar-refractivity contribution in [2.75, 3.05) is 0 Å². The Balaban J connectivity index is 1.62. The summed E-state index contributed by atoms with van der Waals surface area (Å²) in [7, 11) is 0. The van der Waals surface area contributed by atoms with Gasteiger partial charge >= 0.3 is 0 Å². The van der Waals surface area contributed by atoms with Crippen LogP contribution in [0, 0.1) is 0 Å². The molecule has 0 heterocycles. The number of phenolic OH excluding ortho intramolecular Hbond substituents is 3. The van der Waals surface area contributed by atoms with E-state index in [4.69, 9.17) is 0 Å². The SMILES string of the molecule is O=C(NN=Cc1c(O)ccc2cc(O)ccc12)c1cc2ccccc2cc1O. The molecule has 0 aliphatic heterocycles. The van der Waals surface area contributed by atoms with Gasteiger partial charge in [-0.3, -0.25) is 4.79 Å². The van der Waals surface area contributed by atoms with Crippen molar-refractivity contribution in [2.45, 2.75) is 0 Å². The summed E-state index contributed by atoms with van der Waals surface area (Å²) in [5.41, 5.74) is 2.87. The lowest BCUT2D eigenvalue weighted by Crippen LogP contribution is -2.17. The highest BCUT2D eigenvalue weighted by Crippen LogP contribution is 2.28. The van der Waals surface area contributed by atoms with Crippen molar-refractivity contribution in [3.8, 4) is 17.2 Å². The van der Waals surface area contributed by atoms with Crippen molar-refractivity contribution in [3.05, 3.63) is 77.9 Å². The highest BCUT2D eigenvalue weighted by Gasteiger charge is 2.12. The summed E-state index contributed by atoms with van der Waals surface area (Å²) in [6.07, 6.45) is 1.32. The third kappa shape index (κ3) is 3.19. The van der Waals surface area contributed by atoms with E-state index < -0.39 is 5.91 Å². The highest BCUT2D eigenvalue weighted by molar-refractivity contribution is 6.04. The summed E-state index contributed by atoms with van der Waals surface area (Å²) in [6.45, 7) is 0. The van der Waals surface area contributed by atoms with E-state index in [0.717, 1.165) is 16.2 Å². The molecule has 0 spiro atoms. The number of aromatic hydroxyl groups is 3. The van der Waals surface area contributed by atoms with Crippen LogP contribution in [0.2, 0.25) is 0 Å². The molecule has 0 unspecified atom stereocenters. The molecule has 0 bridgehead atoms. The zero-order valence-electron chi connectivity index (χ0n) is 14.6. The van der Waals surface area contributed by atoms with Gasteiger partial charge in [0.15, 0.2) is 0 Å². The predicted octanol–water partition coefficient (Wildman–Crippen LogP) is 3.87. The minimum absolute atomic E-state index is 0.00950. The molecule has 1 amide bonds. The molecule has 0 saturated carbocycles. The number of hydrogen-bond donors (Lipinski definition) is 4. The number of carbonyl (C=O) groups excluding carboxylic acids is 1. The molecule has 0 fully saturated rings. The van der Waals surface area contributed by atoms with Crippen LogP contribution in [0.5, 0.6) is 17.2 Å². The molecule has 4 aromatic carbocycles. The molecule has 0 saturated heterocycles. The first-order valence-electron chi connectivity index (χ1n) is 8.53. The molecule has 0 aromatic heterocycles. The Bertz CT molecular complexity index is 1250. The van der Waals surface area contributed by atoms with Gasteiger partial charge in [-0.2, -0.15) is 5.10 Å². The summed E-state index contributed by atoms with van der Waals surface area (Å²) in [4.78, 5) is 12.4. The van der Waals surface area contributed by atoms with Gasteiger partial charge in [0.2, 0.25) is 0 Å². The molecule has 4 N–H and O–H groups in total. The topological polar surface area (TPSA) is 102 Å². The Labute approximate surface area is 160 Å². The van der Waals surface area contributed by atoms with Crippen molar-refractivity contribution in [1.82, 2.24) is 5.43 Å². The van der Waals surface area contributed by atoms with Gasteiger partial charge in [-0.1, -0.05) is 30.3 Å². The van der Waals surface area contributed by atoms with Crippen molar-refractivity contribution in [2.24, 2.45) is 5.10 Å². The van der Waals surface area contributed by atoms with Gasteiger partial charge in [-0.05, 0) is 57.9 Å². The monoisotopic (exact) mass is 372 g/mol. The van der Waals surface area contributed by atoms with Crippen molar-refractivity contribution in [3.63, 3.8) is 0 Å². The lowest BCUT2D eigenvalue weighted by Gasteiger charge is -2.07. The van der Waals surface area contributed by atoms with Crippen molar-refractivity contribution < 1.29 is 20.1 Å². The number of fused-ring (bicyclic) bond motifs is 2. The van der Waals surface area contributed by atoms with Crippen LogP contribution in [-0.4, -0.2) is 27.4 Å². The number of nitrogens with one attached hydrogen (secondary N) is 1. The number of rotatable bonds is 3. The zero-order valence-corrected chi connectivity index (χ0v) is 14.6. The summed E-state index contributed by atoms with van der Waals surface area (Å²) in [6, 6.07) is 18.4. The fraction of sp³-hybridized carbons (Fsp3) is 0. The van der Waals surface area contributed by atoms with Crippen LogP contribution >= 0.6 is 0 Å². The molecule has 0 aliphatic carbocycles. The number of phenols is 3. The fourth-order valence-electron chi connectivity index (χ4n) is 3.09. The molecule has 0 atom stereocenters. The molecule has 0 radical (unpaired) electrons. The Kier molecular flexibility index (Phi) is 4.29. The summed E-state index contributed by atoms with van der Waals surface area (Å²) < 4.78 is 0. The van der Waals surface area contributed by atoms with Crippen LogP contribution in [0.25, 0.3) is 21.5 Å². The van der Waals surface area contributed by atoms with E-state index in [9.17, 15) is 20.1 Å². The molecule has 4 aromatic rings. The van der Waals surface area contributed by atoms with E-state index in [-0.39, 0.29) is 22.8 Å². The fourth-order valence-corrected chi connectivity index (χ4v) is 3.09. The Hall–Kier alpha value is -4.06. The first kappa shape index (κ1) is 17.4. The quantitative estimate of drug-likeness (QED) is 0.324. The van der Waals surface area contributed by atoms with Crippen LogP contribution in [0.3, 0.4) is 0 Å². The van der Waals surface area contributed by atoms with Crippen molar-refractivity contribution in [1.29, 1.82) is 0 Å². The van der Waals surface area contributed by atoms with E-state index >= 15 is 0 Å². The van der Waals surface area contributed by atoms with Gasteiger partial charge < -0.3 is 15.3 Å². The Morgan fingerprint density at radius 1 is 0.821 bits per heavy atom. The molecule has 6 nitrogen and oxygen atoms in total. The molecule has 0 aliphatic rings. The van der Waals surface area contributed by atoms with Gasteiger partial charge in [0.1, 0.15) is 17.2 Å². The van der Waals surface area contributed by atoms with E-state index in [2.05, 4.69) is 10.5 Å². The molecule has 28 heavy (non-hydrogen) atoms. The van der Waals surface area contributed by atoms with Crippen LogP contribution in [-0.2, 0) is 0 Å². The maximum Gasteiger partial charge on any atom is 0.275 e. The van der Waals surface area contributed by atoms with Crippen LogP contribution < -0.4 is 5.43 Å². The van der Waals surface area contributed by atoms with Crippen LogP contribution in [0.15, 0.2) is 71.8 Å². The summed E-state index contributed by atoms with van der Waals surface area (Å²) in [5, 5.41) is 36.8. The Morgan fingerprint density at radius 2 is 1.57 bits per heavy atom. The van der Waals surface area contributed by atoms with E-state index in [1.54, 1.807) is 24.3 Å². The average molecular weight is 372 g/mol. The summed E-state index contributed by atoms with van der Waals surface area (Å²) in [5.74, 6) is -0.613. The number of nitrogens with zero attached hydrogens (tertiary/aromatic N) is 1. The largest absolute Gasteiger partial charge is 0.508 e. The second-order valence-corrected chi connectivity index (χ2v) is 6.32. The highest BCUT2D eigenvalue weighted by atomic mass is 16.3. The van der Waals surface area contributed by atoms with Gasteiger partial charge in [-0.25, -0.2) is 5.43 Å². The molecule has 6 heteroatoms. The van der Waals surface area contributed by atoms with E-state index in [1.807, 2.05) is 24.3 Å². The third-order valence-corrected chi connectivity index (χ3v) is 4.49. The van der Waals surface area contributed by atoms with E-state index in [1.165, 1.54) is 24.4 Å². The first-order valence-corrected chi connectivity index (χ1v) is 8.53.